The molecule has 2 aromatic carbocycles. The molecule has 0 radical (unpaired) electrons. The van der Waals surface area contributed by atoms with Crippen LogP contribution in [0.4, 0.5) is 0 Å². The Labute approximate surface area is 212 Å². The average Bonchev–Trinajstić information content (AvgIpc) is 2.87. The number of nitrogens with one attached hydrogen (secondary N) is 1. The molecule has 0 heterocycles. The maximum Gasteiger partial charge on any atom is 0.345 e. The minimum absolute atomic E-state index is 0.000297. The van der Waals surface area contributed by atoms with Crippen LogP contribution in [0.2, 0.25) is 0 Å². The van der Waals surface area contributed by atoms with Crippen LogP contribution in [-0.2, 0) is 27.2 Å². The first kappa shape index (κ1) is 30.1. The van der Waals surface area contributed by atoms with E-state index in [-0.39, 0.29) is 32.8 Å². The summed E-state index contributed by atoms with van der Waals surface area (Å²) in [5.74, 6) is -0.974. The predicted octanol–water partition coefficient (Wildman–Crippen LogP) is 5.92. The monoisotopic (exact) mass is 539 g/mol. The minimum Gasteiger partial charge on any atom is -0.342 e. The highest BCUT2D eigenvalue weighted by Crippen LogP contribution is 2.71. The number of rotatable bonds is 16. The van der Waals surface area contributed by atoms with Gasteiger partial charge in [-0.05, 0) is 39.8 Å². The van der Waals surface area contributed by atoms with Gasteiger partial charge < -0.3 is 23.4 Å². The molecule has 0 bridgehead atoms. The number of ketones is 1. The molecule has 1 amide bonds. The van der Waals surface area contributed by atoms with Crippen molar-refractivity contribution in [1.82, 2.24) is 5.32 Å². The third-order valence-electron chi connectivity index (χ3n) is 5.13. The summed E-state index contributed by atoms with van der Waals surface area (Å²) in [6, 6.07) is 15.5. The van der Waals surface area contributed by atoms with Gasteiger partial charge in [-0.15, -0.1) is 0 Å². The third-order valence-corrected chi connectivity index (χ3v) is 11.2. The van der Waals surface area contributed by atoms with Crippen molar-refractivity contribution >= 4 is 26.9 Å². The average molecular weight is 540 g/mol. The van der Waals surface area contributed by atoms with E-state index >= 15 is 0 Å². The zero-order chi connectivity index (χ0) is 26.6. The lowest BCUT2D eigenvalue weighted by atomic mass is 10.0. The van der Waals surface area contributed by atoms with Crippen LogP contribution in [0.15, 0.2) is 60.7 Å². The van der Waals surface area contributed by atoms with E-state index in [1.807, 2.05) is 0 Å². The van der Waals surface area contributed by atoms with Crippen LogP contribution in [0, 0.1) is 0 Å². The van der Waals surface area contributed by atoms with Crippen molar-refractivity contribution in [1.29, 1.82) is 0 Å². The summed E-state index contributed by atoms with van der Waals surface area (Å²) in [6.45, 7) is 6.49. The molecular weight excluding hydrogens is 504 g/mol. The Kier molecular flexibility index (Phi) is 12.2. The third kappa shape index (κ3) is 7.94. The molecule has 1 atom stereocenters. The van der Waals surface area contributed by atoms with Crippen molar-refractivity contribution < 1.29 is 36.8 Å². The van der Waals surface area contributed by atoms with Gasteiger partial charge in [-0.25, -0.2) is 0 Å². The highest BCUT2D eigenvalue weighted by Gasteiger charge is 2.52. The van der Waals surface area contributed by atoms with Crippen molar-refractivity contribution in [2.45, 2.75) is 45.6 Å². The van der Waals surface area contributed by atoms with Crippen molar-refractivity contribution in [2.75, 3.05) is 26.4 Å². The summed E-state index contributed by atoms with van der Waals surface area (Å²) in [7, 11) is -8.26. The fourth-order valence-electron chi connectivity index (χ4n) is 3.65. The number of carbonyl (C=O) groups is 2. The molecule has 0 aliphatic heterocycles. The molecule has 0 aliphatic rings. The Hall–Kier alpha value is -2.12. The standard InChI is InChI=1S/C25H35NO8P2/c1-5-31-35(29,32-6-2)23(36(30,33-7-3)34-8-4)19-22(24(27)20-15-11-9-12-16-20)26-25(28)21-17-13-10-14-18-21/h9-18,22-23H,5-8,19H2,1-4H3,(H,26,28). The van der Waals surface area contributed by atoms with E-state index in [2.05, 4.69) is 5.32 Å². The quantitative estimate of drug-likeness (QED) is 0.207. The van der Waals surface area contributed by atoms with E-state index in [0.717, 1.165) is 0 Å². The molecule has 2 aromatic rings. The van der Waals surface area contributed by atoms with Crippen molar-refractivity contribution in [3.8, 4) is 0 Å². The number of amides is 1. The minimum atomic E-state index is -4.13. The summed E-state index contributed by atoms with van der Waals surface area (Å²) in [6.07, 6.45) is -0.360. The zero-order valence-electron chi connectivity index (χ0n) is 21.1. The highest BCUT2D eigenvalue weighted by molar-refractivity contribution is 7.72. The molecule has 0 spiro atoms. The molecule has 1 N–H and O–H groups in total. The molecule has 0 saturated heterocycles. The van der Waals surface area contributed by atoms with Crippen LogP contribution in [-0.4, -0.2) is 49.6 Å². The molecule has 1 unspecified atom stereocenters. The van der Waals surface area contributed by atoms with Gasteiger partial charge in [0, 0.05) is 17.5 Å². The molecule has 9 nitrogen and oxygen atoms in total. The predicted molar refractivity (Wildman–Crippen MR) is 139 cm³/mol. The van der Waals surface area contributed by atoms with Gasteiger partial charge in [0.1, 0.15) is 0 Å². The number of benzene rings is 2. The summed E-state index contributed by atoms with van der Waals surface area (Å²) in [5.41, 5.74) is 0.649. The highest BCUT2D eigenvalue weighted by atomic mass is 31.2. The molecule has 36 heavy (non-hydrogen) atoms. The molecule has 0 aliphatic carbocycles. The van der Waals surface area contributed by atoms with Gasteiger partial charge in [-0.2, -0.15) is 0 Å². The van der Waals surface area contributed by atoms with Crippen LogP contribution in [0.3, 0.4) is 0 Å². The van der Waals surface area contributed by atoms with E-state index < -0.39 is 38.3 Å². The Balaban J connectivity index is 2.59. The molecule has 0 aromatic heterocycles. The number of carbonyl (C=O) groups excluding carboxylic acids is 2. The van der Waals surface area contributed by atoms with Crippen LogP contribution in [0.1, 0.15) is 54.8 Å². The number of hydrogen-bond donors (Lipinski definition) is 1. The van der Waals surface area contributed by atoms with Crippen molar-refractivity contribution in [2.24, 2.45) is 0 Å². The first-order valence-electron chi connectivity index (χ1n) is 12.0. The van der Waals surface area contributed by atoms with E-state index in [9.17, 15) is 18.7 Å². The van der Waals surface area contributed by atoms with Crippen molar-refractivity contribution in [3.05, 3.63) is 71.8 Å². The van der Waals surface area contributed by atoms with Gasteiger partial charge in [0.25, 0.3) is 5.91 Å². The zero-order valence-corrected chi connectivity index (χ0v) is 22.9. The summed E-state index contributed by atoms with van der Waals surface area (Å²) < 4.78 is 50.0. The van der Waals surface area contributed by atoms with Gasteiger partial charge in [0.15, 0.2) is 11.2 Å². The molecule has 198 valence electrons. The maximum absolute atomic E-state index is 14.0. The molecule has 11 heteroatoms. The van der Waals surface area contributed by atoms with E-state index in [1.54, 1.807) is 88.4 Å². The lowest BCUT2D eigenvalue weighted by Crippen LogP contribution is -2.43. The normalized spacial score (nSPS) is 12.9. The van der Waals surface area contributed by atoms with E-state index in [4.69, 9.17) is 18.1 Å². The second kappa shape index (κ2) is 14.6. The van der Waals surface area contributed by atoms with E-state index in [0.29, 0.717) is 11.1 Å². The molecule has 2 rings (SSSR count). The van der Waals surface area contributed by atoms with Crippen LogP contribution in [0.5, 0.6) is 0 Å². The fraction of sp³-hybridized carbons (Fsp3) is 0.440. The van der Waals surface area contributed by atoms with E-state index in [1.165, 1.54) is 0 Å². The maximum atomic E-state index is 14.0. The van der Waals surface area contributed by atoms with Gasteiger partial charge >= 0.3 is 15.2 Å². The Bertz CT molecular complexity index is 1010. The summed E-state index contributed by atoms with van der Waals surface area (Å²) >= 11 is 0. The van der Waals surface area contributed by atoms with Gasteiger partial charge in [0.05, 0.1) is 32.5 Å². The molecule has 0 fully saturated rings. The smallest absolute Gasteiger partial charge is 0.342 e. The summed E-state index contributed by atoms with van der Waals surface area (Å²) in [4.78, 5) is 26.6. The first-order valence-corrected chi connectivity index (χ1v) is 15.2. The van der Waals surface area contributed by atoms with Crippen molar-refractivity contribution in [3.63, 3.8) is 0 Å². The van der Waals surface area contributed by atoms with Gasteiger partial charge in [0.2, 0.25) is 0 Å². The Morgan fingerprint density at radius 3 is 1.47 bits per heavy atom. The molecule has 0 saturated carbocycles. The Morgan fingerprint density at radius 1 is 0.694 bits per heavy atom. The number of Topliss-reactive ketones (excluding diaryl/α,β-unsaturated/α-hetero) is 1. The largest absolute Gasteiger partial charge is 0.345 e. The number of hydrogen-bond acceptors (Lipinski definition) is 8. The second-order valence-electron chi connectivity index (χ2n) is 7.59. The van der Waals surface area contributed by atoms with Crippen LogP contribution >= 0.6 is 15.2 Å². The lowest BCUT2D eigenvalue weighted by molar-refractivity contribution is 0.0850. The SMILES string of the molecule is CCOP(=O)(OCC)C(CC(NC(=O)c1ccccc1)C(=O)c1ccccc1)P(=O)(OCC)OCC. The molecular formula is C25H35NO8P2. The second-order valence-corrected chi connectivity index (χ2v) is 12.4. The lowest BCUT2D eigenvalue weighted by Gasteiger charge is -2.33. The van der Waals surface area contributed by atoms with Gasteiger partial charge in [-0.1, -0.05) is 48.5 Å². The fourth-order valence-corrected chi connectivity index (χ4v) is 9.05. The summed E-state index contributed by atoms with van der Waals surface area (Å²) in [5, 5.41) is 1.26. The topological polar surface area (TPSA) is 117 Å². The first-order chi connectivity index (χ1) is 17.2. The van der Waals surface area contributed by atoms with Gasteiger partial charge in [-0.3, -0.25) is 18.7 Å². The van der Waals surface area contributed by atoms with Crippen LogP contribution < -0.4 is 5.32 Å². The van der Waals surface area contributed by atoms with Crippen LogP contribution in [0.25, 0.3) is 0 Å². The Morgan fingerprint density at radius 2 is 1.08 bits per heavy atom.